The normalized spacial score (nSPS) is 10.2. The Balaban J connectivity index is 2.14. The third-order valence-electron chi connectivity index (χ3n) is 2.42. The minimum absolute atomic E-state index is 0.0970. The minimum atomic E-state index is 0.0970. The maximum atomic E-state index is 12.0. The van der Waals surface area contributed by atoms with Crippen LogP contribution in [0.15, 0.2) is 53.0 Å². The lowest BCUT2D eigenvalue weighted by atomic mass is 10.0. The van der Waals surface area contributed by atoms with E-state index in [0.29, 0.717) is 17.0 Å². The molecule has 2 rings (SSSR count). The molecule has 2 aromatic rings. The van der Waals surface area contributed by atoms with Crippen molar-refractivity contribution in [1.29, 1.82) is 0 Å². The number of rotatable bonds is 3. The molecule has 0 heterocycles. The lowest BCUT2D eigenvalue weighted by Gasteiger charge is -2.02. The minimum Gasteiger partial charge on any atom is -0.294 e. The summed E-state index contributed by atoms with van der Waals surface area (Å²) in [6.07, 6.45) is 0.404. The summed E-state index contributed by atoms with van der Waals surface area (Å²) in [5.74, 6) is 0.0970. The summed E-state index contributed by atoms with van der Waals surface area (Å²) in [5, 5.41) is 0.643. The van der Waals surface area contributed by atoms with Crippen LogP contribution in [0.5, 0.6) is 0 Å². The van der Waals surface area contributed by atoms with E-state index in [9.17, 15) is 4.79 Å². The zero-order chi connectivity index (χ0) is 12.3. The molecular formula is C14H10BrClO. The Labute approximate surface area is 114 Å². The van der Waals surface area contributed by atoms with E-state index in [1.54, 1.807) is 24.3 Å². The second-order valence-corrected chi connectivity index (χ2v) is 5.09. The smallest absolute Gasteiger partial charge is 0.167 e. The number of benzene rings is 2. The summed E-state index contributed by atoms with van der Waals surface area (Å²) in [6, 6.07) is 14.7. The van der Waals surface area contributed by atoms with Gasteiger partial charge in [0.15, 0.2) is 5.78 Å². The van der Waals surface area contributed by atoms with Gasteiger partial charge < -0.3 is 0 Å². The molecule has 0 bridgehead atoms. The second-order valence-electron chi connectivity index (χ2n) is 3.74. The molecule has 0 atom stereocenters. The fourth-order valence-corrected chi connectivity index (χ4v) is 2.14. The number of halogens is 2. The van der Waals surface area contributed by atoms with E-state index >= 15 is 0 Å². The highest BCUT2D eigenvalue weighted by atomic mass is 79.9. The highest BCUT2D eigenvalue weighted by Crippen LogP contribution is 2.15. The van der Waals surface area contributed by atoms with Crippen LogP contribution in [-0.4, -0.2) is 5.78 Å². The molecule has 0 N–H and O–H groups in total. The first-order chi connectivity index (χ1) is 8.15. The maximum Gasteiger partial charge on any atom is 0.167 e. The molecule has 86 valence electrons. The molecule has 0 fully saturated rings. The van der Waals surface area contributed by atoms with Crippen LogP contribution in [0, 0.1) is 0 Å². The second kappa shape index (κ2) is 5.48. The predicted molar refractivity (Wildman–Crippen MR) is 73.6 cm³/mol. The van der Waals surface area contributed by atoms with Gasteiger partial charge in [0.2, 0.25) is 0 Å². The summed E-state index contributed by atoms with van der Waals surface area (Å²) in [5.41, 5.74) is 1.69. The predicted octanol–water partition coefficient (Wildman–Crippen LogP) is 4.53. The SMILES string of the molecule is O=C(Cc1cccc(Br)c1)c1ccc(Cl)cc1. The first-order valence-corrected chi connectivity index (χ1v) is 6.35. The zero-order valence-corrected chi connectivity index (χ0v) is 11.3. The Hall–Kier alpha value is -1.12. The summed E-state index contributed by atoms with van der Waals surface area (Å²) in [4.78, 5) is 12.0. The van der Waals surface area contributed by atoms with Gasteiger partial charge in [-0.25, -0.2) is 0 Å². The van der Waals surface area contributed by atoms with Gasteiger partial charge >= 0.3 is 0 Å². The first kappa shape index (κ1) is 12.3. The molecule has 0 saturated carbocycles. The van der Waals surface area contributed by atoms with E-state index in [1.165, 1.54) is 0 Å². The van der Waals surface area contributed by atoms with Crippen molar-refractivity contribution in [3.8, 4) is 0 Å². The highest BCUT2D eigenvalue weighted by Gasteiger charge is 2.06. The van der Waals surface area contributed by atoms with Crippen LogP contribution >= 0.6 is 27.5 Å². The van der Waals surface area contributed by atoms with E-state index < -0.39 is 0 Å². The van der Waals surface area contributed by atoms with Crippen LogP contribution in [0.4, 0.5) is 0 Å². The number of carbonyl (C=O) groups is 1. The van der Waals surface area contributed by atoms with Crippen LogP contribution in [0.3, 0.4) is 0 Å². The van der Waals surface area contributed by atoms with E-state index in [-0.39, 0.29) is 5.78 Å². The Morgan fingerprint density at radius 3 is 2.47 bits per heavy atom. The molecule has 3 heteroatoms. The molecule has 0 unspecified atom stereocenters. The third-order valence-corrected chi connectivity index (χ3v) is 3.17. The Bertz CT molecular complexity index is 534. The maximum absolute atomic E-state index is 12.0. The van der Waals surface area contributed by atoms with Crippen molar-refractivity contribution in [1.82, 2.24) is 0 Å². The van der Waals surface area contributed by atoms with Gasteiger partial charge in [-0.3, -0.25) is 4.79 Å². The van der Waals surface area contributed by atoms with Gasteiger partial charge in [-0.15, -0.1) is 0 Å². The number of carbonyl (C=O) groups excluding carboxylic acids is 1. The van der Waals surface area contributed by atoms with Crippen molar-refractivity contribution in [3.05, 3.63) is 69.2 Å². The molecule has 17 heavy (non-hydrogen) atoms. The largest absolute Gasteiger partial charge is 0.294 e. The van der Waals surface area contributed by atoms with Crippen LogP contribution in [0.1, 0.15) is 15.9 Å². The van der Waals surface area contributed by atoms with Crippen molar-refractivity contribution in [2.75, 3.05) is 0 Å². The molecule has 0 aliphatic carbocycles. The van der Waals surface area contributed by atoms with Gasteiger partial charge in [-0.2, -0.15) is 0 Å². The molecule has 0 aromatic heterocycles. The van der Waals surface area contributed by atoms with Gasteiger partial charge in [0.05, 0.1) is 0 Å². The standard InChI is InChI=1S/C14H10BrClO/c15-12-3-1-2-10(8-12)9-14(17)11-4-6-13(16)7-5-11/h1-8H,9H2. The van der Waals surface area contributed by atoms with Crippen LogP contribution in [-0.2, 0) is 6.42 Å². The average molecular weight is 310 g/mol. The monoisotopic (exact) mass is 308 g/mol. The van der Waals surface area contributed by atoms with E-state index in [2.05, 4.69) is 15.9 Å². The molecular weight excluding hydrogens is 300 g/mol. The molecule has 0 radical (unpaired) electrons. The summed E-state index contributed by atoms with van der Waals surface area (Å²) >= 11 is 9.17. The number of ketones is 1. The Morgan fingerprint density at radius 2 is 1.82 bits per heavy atom. The van der Waals surface area contributed by atoms with Crippen molar-refractivity contribution < 1.29 is 4.79 Å². The molecule has 0 saturated heterocycles. The van der Waals surface area contributed by atoms with Crippen molar-refractivity contribution in [2.45, 2.75) is 6.42 Å². The quantitative estimate of drug-likeness (QED) is 0.761. The van der Waals surface area contributed by atoms with Gasteiger partial charge in [-0.1, -0.05) is 39.7 Å². The molecule has 2 aromatic carbocycles. The van der Waals surface area contributed by atoms with E-state index in [0.717, 1.165) is 10.0 Å². The lowest BCUT2D eigenvalue weighted by molar-refractivity contribution is 0.0993. The van der Waals surface area contributed by atoms with Gasteiger partial charge in [0.1, 0.15) is 0 Å². The van der Waals surface area contributed by atoms with E-state index in [1.807, 2.05) is 24.3 Å². The fourth-order valence-electron chi connectivity index (χ4n) is 1.57. The molecule has 0 aliphatic heterocycles. The molecule has 0 spiro atoms. The average Bonchev–Trinajstić information content (AvgIpc) is 2.29. The molecule has 0 aliphatic rings. The summed E-state index contributed by atoms with van der Waals surface area (Å²) in [6.45, 7) is 0. The summed E-state index contributed by atoms with van der Waals surface area (Å²) < 4.78 is 0.985. The van der Waals surface area contributed by atoms with Crippen LogP contribution < -0.4 is 0 Å². The van der Waals surface area contributed by atoms with Gasteiger partial charge in [0, 0.05) is 21.5 Å². The Kier molecular flexibility index (Phi) is 3.97. The van der Waals surface area contributed by atoms with Crippen LogP contribution in [0.2, 0.25) is 5.02 Å². The van der Waals surface area contributed by atoms with Crippen molar-refractivity contribution in [2.24, 2.45) is 0 Å². The molecule has 0 amide bonds. The number of Topliss-reactive ketones (excluding diaryl/α,β-unsaturated/α-hetero) is 1. The third kappa shape index (κ3) is 3.42. The lowest BCUT2D eigenvalue weighted by Crippen LogP contribution is -2.03. The van der Waals surface area contributed by atoms with Crippen molar-refractivity contribution >= 4 is 33.3 Å². The molecule has 1 nitrogen and oxygen atoms in total. The summed E-state index contributed by atoms with van der Waals surface area (Å²) in [7, 11) is 0. The fraction of sp³-hybridized carbons (Fsp3) is 0.0714. The van der Waals surface area contributed by atoms with Crippen LogP contribution in [0.25, 0.3) is 0 Å². The highest BCUT2D eigenvalue weighted by molar-refractivity contribution is 9.10. The van der Waals surface area contributed by atoms with Gasteiger partial charge in [0.25, 0.3) is 0 Å². The first-order valence-electron chi connectivity index (χ1n) is 5.18. The Morgan fingerprint density at radius 1 is 1.12 bits per heavy atom. The topological polar surface area (TPSA) is 17.1 Å². The zero-order valence-electron chi connectivity index (χ0n) is 8.99. The van der Waals surface area contributed by atoms with Gasteiger partial charge in [-0.05, 0) is 42.0 Å². The number of hydrogen-bond donors (Lipinski definition) is 0. The number of hydrogen-bond acceptors (Lipinski definition) is 1. The van der Waals surface area contributed by atoms with Crippen molar-refractivity contribution in [3.63, 3.8) is 0 Å². The van der Waals surface area contributed by atoms with E-state index in [4.69, 9.17) is 11.6 Å².